The first-order chi connectivity index (χ1) is 14.5. The lowest BCUT2D eigenvalue weighted by Crippen LogP contribution is -2.03. The van der Waals surface area contributed by atoms with E-state index in [0.29, 0.717) is 16.5 Å². The van der Waals surface area contributed by atoms with Crippen molar-refractivity contribution in [3.63, 3.8) is 0 Å². The molecule has 0 bridgehead atoms. The molecule has 0 aliphatic rings. The average molecular weight is 398 g/mol. The van der Waals surface area contributed by atoms with Gasteiger partial charge in [0.25, 0.3) is 0 Å². The lowest BCUT2D eigenvalue weighted by molar-refractivity contribution is 0.449. The predicted molar refractivity (Wildman–Crippen MR) is 114 cm³/mol. The van der Waals surface area contributed by atoms with E-state index in [4.69, 9.17) is 4.42 Å². The summed E-state index contributed by atoms with van der Waals surface area (Å²) in [4.78, 5) is 27.6. The van der Waals surface area contributed by atoms with Gasteiger partial charge in [0.15, 0.2) is 5.76 Å². The third-order valence-electron chi connectivity index (χ3n) is 5.04. The molecule has 0 saturated carbocycles. The summed E-state index contributed by atoms with van der Waals surface area (Å²) in [5.74, 6) is 1.34. The molecule has 7 nitrogen and oxygen atoms in total. The zero-order valence-electron chi connectivity index (χ0n) is 16.4. The van der Waals surface area contributed by atoms with Gasteiger partial charge in [0.2, 0.25) is 11.2 Å². The van der Waals surface area contributed by atoms with Crippen molar-refractivity contribution in [1.29, 1.82) is 0 Å². The zero-order valence-corrected chi connectivity index (χ0v) is 16.4. The molecule has 0 spiro atoms. The van der Waals surface area contributed by atoms with Crippen molar-refractivity contribution in [1.82, 2.24) is 19.9 Å². The van der Waals surface area contributed by atoms with Gasteiger partial charge in [-0.3, -0.25) is 4.79 Å². The van der Waals surface area contributed by atoms with Crippen molar-refractivity contribution in [3.8, 4) is 39.6 Å². The van der Waals surface area contributed by atoms with Gasteiger partial charge in [-0.15, -0.1) is 0 Å². The van der Waals surface area contributed by atoms with E-state index in [2.05, 4.69) is 19.9 Å². The molecule has 0 saturated heterocycles. The van der Waals surface area contributed by atoms with Crippen LogP contribution in [0.1, 0.15) is 11.6 Å². The maximum atomic E-state index is 12.9. The fraction of sp³-hybridized carbons (Fsp3) is 0.0870. The number of benzene rings is 2. The molecule has 0 aliphatic heterocycles. The molecule has 0 amide bonds. The Morgan fingerprint density at radius 1 is 0.833 bits per heavy atom. The van der Waals surface area contributed by atoms with Crippen LogP contribution in [0.3, 0.4) is 0 Å². The minimum absolute atomic E-state index is 0.143. The van der Waals surface area contributed by atoms with E-state index >= 15 is 0 Å². The number of imidazole rings is 2. The number of aromatic amines is 2. The SMILES string of the molecule is Cc1ncc(-c2ccc(-c3oc4ccc(-c5cnc(C)[nH]5)cc4c(=O)c3O)cc2)[nH]1. The molecule has 5 rings (SSSR count). The van der Waals surface area contributed by atoms with Gasteiger partial charge in [-0.25, -0.2) is 9.97 Å². The Balaban J connectivity index is 1.58. The molecule has 148 valence electrons. The summed E-state index contributed by atoms with van der Waals surface area (Å²) in [5.41, 5.74) is 3.97. The van der Waals surface area contributed by atoms with E-state index in [9.17, 15) is 9.90 Å². The van der Waals surface area contributed by atoms with Crippen molar-refractivity contribution < 1.29 is 9.52 Å². The van der Waals surface area contributed by atoms with Crippen LogP contribution in [-0.4, -0.2) is 25.0 Å². The number of aromatic hydroxyl groups is 1. The molecule has 0 radical (unpaired) electrons. The van der Waals surface area contributed by atoms with Crippen LogP contribution in [0.25, 0.3) is 44.8 Å². The van der Waals surface area contributed by atoms with Gasteiger partial charge in [-0.2, -0.15) is 0 Å². The van der Waals surface area contributed by atoms with E-state index in [1.54, 1.807) is 36.7 Å². The Labute approximate surface area is 171 Å². The second kappa shape index (κ2) is 6.73. The van der Waals surface area contributed by atoms with Crippen LogP contribution in [0, 0.1) is 13.8 Å². The van der Waals surface area contributed by atoms with Gasteiger partial charge in [-0.1, -0.05) is 24.3 Å². The highest BCUT2D eigenvalue weighted by Crippen LogP contribution is 2.32. The Kier molecular flexibility index (Phi) is 4.03. The van der Waals surface area contributed by atoms with Crippen molar-refractivity contribution in [2.45, 2.75) is 13.8 Å². The summed E-state index contributed by atoms with van der Waals surface area (Å²) in [6, 6.07) is 12.6. The maximum Gasteiger partial charge on any atom is 0.235 e. The van der Waals surface area contributed by atoms with E-state index < -0.39 is 11.2 Å². The Morgan fingerprint density at radius 2 is 1.40 bits per heavy atom. The first-order valence-electron chi connectivity index (χ1n) is 9.44. The molecule has 5 aromatic rings. The molecule has 0 atom stereocenters. The third-order valence-corrected chi connectivity index (χ3v) is 5.04. The molecule has 2 aromatic carbocycles. The van der Waals surface area contributed by atoms with Crippen LogP contribution in [-0.2, 0) is 0 Å². The van der Waals surface area contributed by atoms with Crippen molar-refractivity contribution in [2.75, 3.05) is 0 Å². The lowest BCUT2D eigenvalue weighted by atomic mass is 10.0. The normalized spacial score (nSPS) is 11.3. The predicted octanol–water partition coefficient (Wildman–Crippen LogP) is 4.56. The van der Waals surface area contributed by atoms with Gasteiger partial charge in [0.05, 0.1) is 29.2 Å². The highest BCUT2D eigenvalue weighted by molar-refractivity contribution is 5.86. The first-order valence-corrected chi connectivity index (χ1v) is 9.44. The van der Waals surface area contributed by atoms with Crippen LogP contribution in [0.15, 0.2) is 64.1 Å². The molecule has 3 aromatic heterocycles. The Morgan fingerprint density at radius 3 is 2.00 bits per heavy atom. The van der Waals surface area contributed by atoms with E-state index in [1.165, 1.54) is 0 Å². The second-order valence-electron chi connectivity index (χ2n) is 7.16. The number of rotatable bonds is 3. The molecule has 30 heavy (non-hydrogen) atoms. The number of nitrogens with one attached hydrogen (secondary N) is 2. The Bertz CT molecular complexity index is 1440. The van der Waals surface area contributed by atoms with Crippen LogP contribution in [0.2, 0.25) is 0 Å². The van der Waals surface area contributed by atoms with Crippen molar-refractivity contribution >= 4 is 11.0 Å². The number of hydrogen-bond donors (Lipinski definition) is 3. The fourth-order valence-electron chi connectivity index (χ4n) is 3.48. The standard InChI is InChI=1S/C23H18N4O3/c1-12-24-10-18(26-12)14-3-5-15(6-4-14)23-22(29)21(28)17-9-16(7-8-20(17)30-23)19-11-25-13(2)27-19/h3-11,29H,1-2H3,(H,24,26)(H,25,27). The Hall–Kier alpha value is -4.13. The average Bonchev–Trinajstić information content (AvgIpc) is 3.39. The van der Waals surface area contributed by atoms with Crippen LogP contribution < -0.4 is 5.43 Å². The largest absolute Gasteiger partial charge is 0.502 e. The number of aryl methyl sites for hydroxylation is 2. The molecular weight excluding hydrogens is 380 g/mol. The summed E-state index contributed by atoms with van der Waals surface area (Å²) >= 11 is 0. The number of nitrogens with zero attached hydrogens (tertiary/aromatic N) is 2. The number of H-pyrrole nitrogens is 2. The van der Waals surface area contributed by atoms with Gasteiger partial charge in [0.1, 0.15) is 17.2 Å². The van der Waals surface area contributed by atoms with E-state index in [1.807, 2.05) is 32.0 Å². The smallest absolute Gasteiger partial charge is 0.235 e. The first kappa shape index (κ1) is 17.9. The summed E-state index contributed by atoms with van der Waals surface area (Å²) in [6.07, 6.45) is 3.46. The summed E-state index contributed by atoms with van der Waals surface area (Å²) in [7, 11) is 0. The molecular formula is C23H18N4O3. The lowest BCUT2D eigenvalue weighted by Gasteiger charge is -2.08. The summed E-state index contributed by atoms with van der Waals surface area (Å²) < 4.78 is 5.91. The summed E-state index contributed by atoms with van der Waals surface area (Å²) in [5, 5.41) is 10.9. The van der Waals surface area contributed by atoms with E-state index in [0.717, 1.165) is 34.2 Å². The van der Waals surface area contributed by atoms with E-state index in [-0.39, 0.29) is 5.76 Å². The molecule has 0 fully saturated rings. The van der Waals surface area contributed by atoms with Gasteiger partial charge < -0.3 is 19.5 Å². The molecule has 3 heterocycles. The van der Waals surface area contributed by atoms with Crippen LogP contribution >= 0.6 is 0 Å². The number of aromatic nitrogens is 4. The fourth-order valence-corrected chi connectivity index (χ4v) is 3.48. The number of hydrogen-bond acceptors (Lipinski definition) is 5. The van der Waals surface area contributed by atoms with Crippen LogP contribution in [0.4, 0.5) is 0 Å². The minimum atomic E-state index is -0.474. The molecule has 3 N–H and O–H groups in total. The van der Waals surface area contributed by atoms with Gasteiger partial charge >= 0.3 is 0 Å². The number of fused-ring (bicyclic) bond motifs is 1. The van der Waals surface area contributed by atoms with Crippen molar-refractivity contribution in [3.05, 3.63) is 76.7 Å². The molecule has 0 unspecified atom stereocenters. The van der Waals surface area contributed by atoms with Crippen molar-refractivity contribution in [2.24, 2.45) is 0 Å². The van der Waals surface area contributed by atoms with Crippen LogP contribution in [0.5, 0.6) is 5.75 Å². The quantitative estimate of drug-likeness (QED) is 0.413. The summed E-state index contributed by atoms with van der Waals surface area (Å²) in [6.45, 7) is 3.74. The second-order valence-corrected chi connectivity index (χ2v) is 7.16. The monoisotopic (exact) mass is 398 g/mol. The highest BCUT2D eigenvalue weighted by Gasteiger charge is 2.16. The van der Waals surface area contributed by atoms with Gasteiger partial charge in [0, 0.05) is 11.1 Å². The highest BCUT2D eigenvalue weighted by atomic mass is 16.4. The maximum absolute atomic E-state index is 12.9. The minimum Gasteiger partial charge on any atom is -0.502 e. The molecule has 0 aliphatic carbocycles. The molecule has 7 heteroatoms. The third kappa shape index (κ3) is 2.97. The zero-order chi connectivity index (χ0) is 20.8. The van der Waals surface area contributed by atoms with Gasteiger partial charge in [-0.05, 0) is 37.6 Å². The topological polar surface area (TPSA) is 108 Å².